The summed E-state index contributed by atoms with van der Waals surface area (Å²) < 4.78 is 10.2. The highest BCUT2D eigenvalue weighted by atomic mass is 35.7. The van der Waals surface area contributed by atoms with Crippen LogP contribution in [0.25, 0.3) is 0 Å². The molecule has 0 heterocycles. The van der Waals surface area contributed by atoms with Gasteiger partial charge in [0.05, 0.1) is 24.0 Å². The fourth-order valence-corrected chi connectivity index (χ4v) is 1.89. The summed E-state index contributed by atoms with van der Waals surface area (Å²) in [5.74, 6) is 0.614. The highest BCUT2D eigenvalue weighted by molar-refractivity contribution is 7.76. The van der Waals surface area contributed by atoms with Crippen LogP contribution >= 0.6 is 65.4 Å². The molecule has 0 saturated carbocycles. The number of rotatable bonds is 8. The third kappa shape index (κ3) is 9.06. The summed E-state index contributed by atoms with van der Waals surface area (Å²) >= 11 is 28.0. The number of hydrogen-bond acceptors (Lipinski definition) is 2. The Balaban J connectivity index is 3.40. The standard InChI is InChI=1S/C6H10Cl5O2P/c7-1-5(9)3-12-14(11)13-4-6(10)2-8/h5-6H,1-4H2. The van der Waals surface area contributed by atoms with E-state index in [9.17, 15) is 0 Å². The van der Waals surface area contributed by atoms with Gasteiger partial charge < -0.3 is 9.05 Å². The normalized spacial score (nSPS) is 17.8. The SMILES string of the molecule is ClCC(Cl)COP(Cl)OCC(Cl)CCl. The summed E-state index contributed by atoms with van der Waals surface area (Å²) in [7, 11) is -1.47. The van der Waals surface area contributed by atoms with Gasteiger partial charge in [0.25, 0.3) is 7.73 Å². The summed E-state index contributed by atoms with van der Waals surface area (Å²) in [6, 6.07) is 0. The topological polar surface area (TPSA) is 18.5 Å². The van der Waals surface area contributed by atoms with Crippen LogP contribution in [0.2, 0.25) is 0 Å². The first-order valence-electron chi connectivity index (χ1n) is 3.72. The van der Waals surface area contributed by atoms with Gasteiger partial charge in [0.1, 0.15) is 0 Å². The minimum absolute atomic E-state index is 0.258. The average Bonchev–Trinajstić information content (AvgIpc) is 2.22. The second-order valence-electron chi connectivity index (χ2n) is 2.31. The van der Waals surface area contributed by atoms with Gasteiger partial charge in [0, 0.05) is 11.8 Å². The van der Waals surface area contributed by atoms with Crippen LogP contribution in [0.4, 0.5) is 0 Å². The molecule has 8 heteroatoms. The smallest absolute Gasteiger partial charge is 0.276 e. The van der Waals surface area contributed by atoms with Crippen molar-refractivity contribution >= 4 is 65.4 Å². The maximum Gasteiger partial charge on any atom is 0.276 e. The van der Waals surface area contributed by atoms with Crippen molar-refractivity contribution in [2.24, 2.45) is 0 Å². The Bertz CT molecular complexity index is 127. The lowest BCUT2D eigenvalue weighted by molar-refractivity contribution is 0.264. The fourth-order valence-electron chi connectivity index (χ4n) is 0.405. The molecule has 0 aromatic heterocycles. The predicted molar refractivity (Wildman–Crippen MR) is 65.4 cm³/mol. The van der Waals surface area contributed by atoms with Crippen molar-refractivity contribution in [3.05, 3.63) is 0 Å². The van der Waals surface area contributed by atoms with Crippen molar-refractivity contribution in [3.63, 3.8) is 0 Å². The van der Waals surface area contributed by atoms with Crippen molar-refractivity contribution < 1.29 is 9.05 Å². The van der Waals surface area contributed by atoms with Crippen LogP contribution in [0.1, 0.15) is 0 Å². The van der Waals surface area contributed by atoms with E-state index in [0.29, 0.717) is 11.8 Å². The second kappa shape index (κ2) is 9.99. The van der Waals surface area contributed by atoms with E-state index in [-0.39, 0.29) is 24.0 Å². The summed E-state index contributed by atoms with van der Waals surface area (Å²) in [6.07, 6.45) is 0. The molecule has 0 aliphatic heterocycles. The maximum atomic E-state index is 5.70. The number of hydrogen-bond donors (Lipinski definition) is 0. The molecule has 0 spiro atoms. The molecule has 0 radical (unpaired) electrons. The lowest BCUT2D eigenvalue weighted by Gasteiger charge is -2.13. The summed E-state index contributed by atoms with van der Waals surface area (Å²) in [6.45, 7) is 0.516. The Morgan fingerprint density at radius 1 is 0.929 bits per heavy atom. The predicted octanol–water partition coefficient (Wildman–Crippen LogP) is 4.18. The molecule has 0 fully saturated rings. The van der Waals surface area contributed by atoms with Crippen LogP contribution < -0.4 is 0 Å². The molecule has 2 atom stereocenters. The Labute approximate surface area is 110 Å². The quantitative estimate of drug-likeness (QED) is 0.493. The molecule has 0 aliphatic carbocycles. The summed E-state index contributed by atoms with van der Waals surface area (Å²) in [5.41, 5.74) is 0. The highest BCUT2D eigenvalue weighted by Gasteiger charge is 2.12. The first kappa shape index (κ1) is 15.8. The van der Waals surface area contributed by atoms with Gasteiger partial charge in [-0.2, -0.15) is 0 Å². The second-order valence-corrected chi connectivity index (χ2v) is 5.93. The van der Waals surface area contributed by atoms with Gasteiger partial charge >= 0.3 is 0 Å². The zero-order valence-electron chi connectivity index (χ0n) is 7.14. The molecule has 0 aliphatic rings. The molecule has 2 nitrogen and oxygen atoms in total. The molecule has 86 valence electrons. The highest BCUT2D eigenvalue weighted by Crippen LogP contribution is 2.44. The van der Waals surface area contributed by atoms with E-state index in [2.05, 4.69) is 0 Å². The molecule has 0 amide bonds. The first-order valence-corrected chi connectivity index (χ1v) is 7.74. The van der Waals surface area contributed by atoms with E-state index in [1.165, 1.54) is 0 Å². The van der Waals surface area contributed by atoms with Gasteiger partial charge in [-0.15, -0.1) is 46.4 Å². The van der Waals surface area contributed by atoms with Crippen LogP contribution in [0.3, 0.4) is 0 Å². The average molecular weight is 322 g/mol. The molecule has 0 aromatic rings. The van der Waals surface area contributed by atoms with Gasteiger partial charge in [0.15, 0.2) is 0 Å². The van der Waals surface area contributed by atoms with Gasteiger partial charge in [-0.25, -0.2) is 0 Å². The molecule has 0 rings (SSSR count). The lowest BCUT2D eigenvalue weighted by atomic mass is 10.5. The van der Waals surface area contributed by atoms with Gasteiger partial charge in [0.2, 0.25) is 0 Å². The van der Waals surface area contributed by atoms with E-state index in [4.69, 9.17) is 66.7 Å². The molecule has 0 N–H and O–H groups in total. The third-order valence-corrected chi connectivity index (χ3v) is 3.96. The van der Waals surface area contributed by atoms with E-state index in [1.54, 1.807) is 0 Å². The zero-order valence-corrected chi connectivity index (χ0v) is 11.8. The van der Waals surface area contributed by atoms with Gasteiger partial charge in [-0.3, -0.25) is 0 Å². The monoisotopic (exact) mass is 320 g/mol. The zero-order chi connectivity index (χ0) is 11.0. The minimum atomic E-state index is -1.47. The molecule has 0 saturated heterocycles. The van der Waals surface area contributed by atoms with Crippen molar-refractivity contribution in [3.8, 4) is 0 Å². The molecular formula is C6H10Cl5O2P. The Kier molecular flexibility index (Phi) is 11.3. The summed E-state index contributed by atoms with van der Waals surface area (Å²) in [5, 5.41) is -0.521. The van der Waals surface area contributed by atoms with Crippen molar-refractivity contribution in [2.75, 3.05) is 25.0 Å². The van der Waals surface area contributed by atoms with E-state index in [1.807, 2.05) is 0 Å². The number of halogens is 5. The molecule has 0 bridgehead atoms. The third-order valence-electron chi connectivity index (χ3n) is 1.05. The van der Waals surface area contributed by atoms with E-state index in [0.717, 1.165) is 0 Å². The first-order chi connectivity index (χ1) is 6.60. The van der Waals surface area contributed by atoms with Crippen LogP contribution in [0.15, 0.2) is 0 Å². The van der Waals surface area contributed by atoms with Crippen LogP contribution in [0, 0.1) is 0 Å². The minimum Gasteiger partial charge on any atom is -0.321 e. The van der Waals surface area contributed by atoms with Crippen molar-refractivity contribution in [1.82, 2.24) is 0 Å². The Morgan fingerprint density at radius 2 is 1.29 bits per heavy atom. The maximum absolute atomic E-state index is 5.70. The lowest BCUT2D eigenvalue weighted by Crippen LogP contribution is -2.11. The van der Waals surface area contributed by atoms with Gasteiger partial charge in [-0.1, -0.05) is 0 Å². The van der Waals surface area contributed by atoms with Gasteiger partial charge in [-0.05, 0) is 11.2 Å². The van der Waals surface area contributed by atoms with E-state index >= 15 is 0 Å². The Morgan fingerprint density at radius 3 is 1.57 bits per heavy atom. The Hall–Kier alpha value is 1.80. The van der Waals surface area contributed by atoms with Crippen molar-refractivity contribution in [2.45, 2.75) is 10.8 Å². The van der Waals surface area contributed by atoms with Crippen LogP contribution in [-0.4, -0.2) is 35.7 Å². The fraction of sp³-hybridized carbons (Fsp3) is 1.00. The number of alkyl halides is 4. The van der Waals surface area contributed by atoms with Crippen LogP contribution in [-0.2, 0) is 9.05 Å². The summed E-state index contributed by atoms with van der Waals surface area (Å²) in [4.78, 5) is 0. The largest absolute Gasteiger partial charge is 0.321 e. The van der Waals surface area contributed by atoms with Crippen molar-refractivity contribution in [1.29, 1.82) is 0 Å². The molecule has 14 heavy (non-hydrogen) atoms. The molecule has 2 unspecified atom stereocenters. The van der Waals surface area contributed by atoms with Crippen LogP contribution in [0.5, 0.6) is 0 Å². The van der Waals surface area contributed by atoms with E-state index < -0.39 is 7.73 Å². The molecular weight excluding hydrogens is 312 g/mol. The molecule has 0 aromatic carbocycles.